The molecule has 8 heteroatoms. The van der Waals surface area contributed by atoms with Crippen LogP contribution in [0.3, 0.4) is 0 Å². The fourth-order valence-corrected chi connectivity index (χ4v) is 4.70. The maximum absolute atomic E-state index is 12.8. The Bertz CT molecular complexity index is 809. The molecular formula is C13H15ClN4O2S. The third-order valence-electron chi connectivity index (χ3n) is 3.70. The van der Waals surface area contributed by atoms with E-state index in [2.05, 4.69) is 5.10 Å². The summed E-state index contributed by atoms with van der Waals surface area (Å²) >= 11 is 5.98. The number of halogens is 1. The van der Waals surface area contributed by atoms with Gasteiger partial charge in [-0.05, 0) is 30.5 Å². The van der Waals surface area contributed by atoms with E-state index in [1.54, 1.807) is 13.1 Å². The standard InChI is InChI=1S/C13H15ClN4O2S/c1-8-5-9-3-4-18(12(9)6-11(8)15)21(19,20)13-10(14)7-16-17(13)2/h5-7H,3-4,15H2,1-2H3. The highest BCUT2D eigenvalue weighted by Gasteiger charge is 2.35. The summed E-state index contributed by atoms with van der Waals surface area (Å²) in [6.45, 7) is 2.28. The molecule has 6 nitrogen and oxygen atoms in total. The molecule has 1 aliphatic rings. The minimum Gasteiger partial charge on any atom is -0.398 e. The number of benzene rings is 1. The van der Waals surface area contributed by atoms with Gasteiger partial charge in [0.1, 0.15) is 0 Å². The summed E-state index contributed by atoms with van der Waals surface area (Å²) < 4.78 is 28.3. The minimum atomic E-state index is -3.75. The lowest BCUT2D eigenvalue weighted by molar-refractivity contribution is 0.573. The van der Waals surface area contributed by atoms with Crippen LogP contribution in [-0.2, 0) is 23.5 Å². The lowest BCUT2D eigenvalue weighted by Crippen LogP contribution is -2.31. The van der Waals surface area contributed by atoms with Crippen LogP contribution in [0.25, 0.3) is 0 Å². The first-order chi connectivity index (χ1) is 9.82. The molecule has 1 aromatic carbocycles. The van der Waals surface area contributed by atoms with Crippen molar-refractivity contribution in [1.82, 2.24) is 9.78 Å². The Morgan fingerprint density at radius 2 is 2.10 bits per heavy atom. The smallest absolute Gasteiger partial charge is 0.283 e. The van der Waals surface area contributed by atoms with Crippen LogP contribution in [0.1, 0.15) is 11.1 Å². The summed E-state index contributed by atoms with van der Waals surface area (Å²) in [6, 6.07) is 3.64. The molecular weight excluding hydrogens is 312 g/mol. The fraction of sp³-hybridized carbons (Fsp3) is 0.308. The van der Waals surface area contributed by atoms with Crippen LogP contribution in [0.4, 0.5) is 11.4 Å². The predicted molar refractivity (Wildman–Crippen MR) is 82.0 cm³/mol. The molecule has 112 valence electrons. The number of nitrogen functional groups attached to an aromatic ring is 1. The SMILES string of the molecule is Cc1cc2c(cc1N)N(S(=O)(=O)c1c(Cl)cnn1C)CC2. The number of anilines is 2. The molecule has 0 bridgehead atoms. The molecule has 2 heterocycles. The van der Waals surface area contributed by atoms with E-state index in [1.165, 1.54) is 15.2 Å². The van der Waals surface area contributed by atoms with Crippen molar-refractivity contribution >= 4 is 33.0 Å². The van der Waals surface area contributed by atoms with Gasteiger partial charge < -0.3 is 5.73 Å². The zero-order valence-electron chi connectivity index (χ0n) is 11.7. The Balaban J connectivity index is 2.15. The molecule has 21 heavy (non-hydrogen) atoms. The van der Waals surface area contributed by atoms with Crippen molar-refractivity contribution in [3.8, 4) is 0 Å². The van der Waals surface area contributed by atoms with Crippen LogP contribution < -0.4 is 10.0 Å². The van der Waals surface area contributed by atoms with Crippen molar-refractivity contribution in [2.24, 2.45) is 7.05 Å². The topological polar surface area (TPSA) is 81.2 Å². The van der Waals surface area contributed by atoms with Gasteiger partial charge in [-0.25, -0.2) is 0 Å². The molecule has 0 spiro atoms. The highest BCUT2D eigenvalue weighted by Crippen LogP contribution is 2.37. The van der Waals surface area contributed by atoms with E-state index >= 15 is 0 Å². The second kappa shape index (κ2) is 4.64. The molecule has 0 aliphatic carbocycles. The second-order valence-electron chi connectivity index (χ2n) is 5.09. The van der Waals surface area contributed by atoms with E-state index in [4.69, 9.17) is 17.3 Å². The van der Waals surface area contributed by atoms with Crippen molar-refractivity contribution in [2.45, 2.75) is 18.4 Å². The third kappa shape index (κ3) is 2.08. The summed E-state index contributed by atoms with van der Waals surface area (Å²) in [5, 5.41) is 4.01. The molecule has 0 saturated carbocycles. The molecule has 2 aromatic rings. The van der Waals surface area contributed by atoms with Gasteiger partial charge in [0.25, 0.3) is 10.0 Å². The van der Waals surface area contributed by atoms with Crippen molar-refractivity contribution < 1.29 is 8.42 Å². The van der Waals surface area contributed by atoms with Crippen LogP contribution in [0, 0.1) is 6.92 Å². The molecule has 1 aliphatic heterocycles. The number of nitrogens with zero attached hydrogens (tertiary/aromatic N) is 3. The Morgan fingerprint density at radius 3 is 2.71 bits per heavy atom. The number of rotatable bonds is 2. The van der Waals surface area contributed by atoms with Crippen molar-refractivity contribution in [3.63, 3.8) is 0 Å². The maximum Gasteiger partial charge on any atom is 0.283 e. The summed E-state index contributed by atoms with van der Waals surface area (Å²) in [6.07, 6.45) is 1.99. The van der Waals surface area contributed by atoms with Crippen molar-refractivity contribution in [1.29, 1.82) is 0 Å². The summed E-state index contributed by atoms with van der Waals surface area (Å²) in [5.74, 6) is 0. The lowest BCUT2D eigenvalue weighted by atomic mass is 10.1. The molecule has 0 atom stereocenters. The molecule has 0 saturated heterocycles. The largest absolute Gasteiger partial charge is 0.398 e. The van der Waals surface area contributed by atoms with Crippen molar-refractivity contribution in [2.75, 3.05) is 16.6 Å². The van der Waals surface area contributed by atoms with Crippen molar-refractivity contribution in [3.05, 3.63) is 34.5 Å². The normalized spacial score (nSPS) is 14.5. The van der Waals surface area contributed by atoms with Gasteiger partial charge in [-0.3, -0.25) is 8.99 Å². The Labute approximate surface area is 128 Å². The van der Waals surface area contributed by atoms with E-state index in [0.29, 0.717) is 24.3 Å². The predicted octanol–water partition coefficient (Wildman–Crippen LogP) is 1.72. The minimum absolute atomic E-state index is 0.00355. The van der Waals surface area contributed by atoms with Crippen LogP contribution in [0.5, 0.6) is 0 Å². The number of hydrogen-bond donors (Lipinski definition) is 1. The summed E-state index contributed by atoms with van der Waals surface area (Å²) in [4.78, 5) is 0. The van der Waals surface area contributed by atoms with Gasteiger partial charge in [-0.15, -0.1) is 0 Å². The van der Waals surface area contributed by atoms with Gasteiger partial charge in [0.2, 0.25) is 0 Å². The van der Waals surface area contributed by atoms with Gasteiger partial charge in [-0.2, -0.15) is 13.5 Å². The van der Waals surface area contributed by atoms with Gasteiger partial charge in [0.05, 0.1) is 16.9 Å². The summed E-state index contributed by atoms with van der Waals surface area (Å²) in [7, 11) is -2.20. The van der Waals surface area contributed by atoms with E-state index in [1.807, 2.05) is 13.0 Å². The quantitative estimate of drug-likeness (QED) is 0.852. The van der Waals surface area contributed by atoms with Gasteiger partial charge in [0, 0.05) is 19.3 Å². The van der Waals surface area contributed by atoms with Crippen LogP contribution in [0.15, 0.2) is 23.4 Å². The first kappa shape index (κ1) is 14.2. The van der Waals surface area contributed by atoms with Gasteiger partial charge >= 0.3 is 0 Å². The summed E-state index contributed by atoms with van der Waals surface area (Å²) in [5.41, 5.74) is 9.03. The second-order valence-corrected chi connectivity index (χ2v) is 7.27. The number of fused-ring (bicyclic) bond motifs is 1. The highest BCUT2D eigenvalue weighted by molar-refractivity contribution is 7.92. The number of hydrogen-bond acceptors (Lipinski definition) is 4. The highest BCUT2D eigenvalue weighted by atomic mass is 35.5. The number of nitrogens with two attached hydrogens (primary N) is 1. The third-order valence-corrected chi connectivity index (χ3v) is 6.02. The van der Waals surface area contributed by atoms with E-state index in [9.17, 15) is 8.42 Å². The average molecular weight is 327 g/mol. The molecule has 3 rings (SSSR count). The zero-order valence-corrected chi connectivity index (χ0v) is 13.2. The number of aryl methyl sites for hydroxylation is 2. The lowest BCUT2D eigenvalue weighted by Gasteiger charge is -2.20. The van der Waals surface area contributed by atoms with E-state index < -0.39 is 10.0 Å². The number of aromatic nitrogens is 2. The zero-order chi connectivity index (χ0) is 15.4. The van der Waals surface area contributed by atoms with E-state index in [-0.39, 0.29) is 10.0 Å². The Kier molecular flexibility index (Phi) is 3.14. The maximum atomic E-state index is 12.8. The van der Waals surface area contributed by atoms with Crippen LogP contribution >= 0.6 is 11.6 Å². The Morgan fingerprint density at radius 1 is 1.38 bits per heavy atom. The average Bonchev–Trinajstić information content (AvgIpc) is 2.94. The monoisotopic (exact) mass is 326 g/mol. The van der Waals surface area contributed by atoms with E-state index in [0.717, 1.165) is 11.1 Å². The molecule has 1 aromatic heterocycles. The number of sulfonamides is 1. The molecule has 0 radical (unpaired) electrons. The molecule has 2 N–H and O–H groups in total. The fourth-order valence-electron chi connectivity index (χ4n) is 2.59. The Hall–Kier alpha value is -1.73. The molecule has 0 unspecified atom stereocenters. The van der Waals surface area contributed by atoms with Crippen LogP contribution in [-0.4, -0.2) is 24.7 Å². The van der Waals surface area contributed by atoms with Gasteiger partial charge in [-0.1, -0.05) is 17.7 Å². The van der Waals surface area contributed by atoms with Gasteiger partial charge in [0.15, 0.2) is 5.03 Å². The first-order valence-electron chi connectivity index (χ1n) is 6.41. The first-order valence-corrected chi connectivity index (χ1v) is 8.23. The van der Waals surface area contributed by atoms with Crippen LogP contribution in [0.2, 0.25) is 5.02 Å². The molecule has 0 fully saturated rings. The molecule has 0 amide bonds.